The van der Waals surface area contributed by atoms with Crippen molar-refractivity contribution in [2.24, 2.45) is 5.73 Å². The van der Waals surface area contributed by atoms with Gasteiger partial charge in [-0.05, 0) is 43.2 Å². The minimum Gasteiger partial charge on any atom is -0.493 e. The Kier molecular flexibility index (Phi) is 5.55. The van der Waals surface area contributed by atoms with Gasteiger partial charge in [0.05, 0.1) is 13.0 Å². The molecule has 0 radical (unpaired) electrons. The van der Waals surface area contributed by atoms with Crippen molar-refractivity contribution in [1.82, 2.24) is 0 Å². The summed E-state index contributed by atoms with van der Waals surface area (Å²) in [6, 6.07) is 13.5. The van der Waals surface area contributed by atoms with Crippen molar-refractivity contribution in [3.05, 3.63) is 59.2 Å². The molecule has 0 spiro atoms. The number of hydrogen-bond donors (Lipinski definition) is 2. The maximum absolute atomic E-state index is 11.9. The van der Waals surface area contributed by atoms with Gasteiger partial charge in [-0.3, -0.25) is 4.79 Å². The molecule has 2 aromatic carbocycles. The summed E-state index contributed by atoms with van der Waals surface area (Å²) in [6.07, 6.45) is 0.306. The first-order valence-electron chi connectivity index (χ1n) is 7.37. The van der Waals surface area contributed by atoms with Gasteiger partial charge in [0.1, 0.15) is 5.75 Å². The summed E-state index contributed by atoms with van der Waals surface area (Å²) in [5.74, 6) is 0.752. The molecule has 22 heavy (non-hydrogen) atoms. The van der Waals surface area contributed by atoms with Crippen LogP contribution in [0.15, 0.2) is 42.5 Å². The van der Waals surface area contributed by atoms with Crippen LogP contribution >= 0.6 is 0 Å². The summed E-state index contributed by atoms with van der Waals surface area (Å²) < 4.78 is 5.66. The van der Waals surface area contributed by atoms with Crippen LogP contribution in [0.5, 0.6) is 5.75 Å². The fraction of sp³-hybridized carbons (Fsp3) is 0.278. The molecule has 0 unspecified atom stereocenters. The van der Waals surface area contributed by atoms with Crippen molar-refractivity contribution in [3.8, 4) is 5.75 Å². The van der Waals surface area contributed by atoms with E-state index in [0.717, 1.165) is 22.6 Å². The van der Waals surface area contributed by atoms with Crippen molar-refractivity contribution in [2.75, 3.05) is 11.9 Å². The summed E-state index contributed by atoms with van der Waals surface area (Å²) in [7, 11) is 0. The van der Waals surface area contributed by atoms with Crippen LogP contribution in [-0.2, 0) is 11.3 Å². The number of amides is 1. The minimum atomic E-state index is -0.0704. The molecule has 4 nitrogen and oxygen atoms in total. The topological polar surface area (TPSA) is 64.3 Å². The molecule has 3 N–H and O–H groups in total. The second kappa shape index (κ2) is 7.61. The van der Waals surface area contributed by atoms with Gasteiger partial charge >= 0.3 is 0 Å². The number of aryl methyl sites for hydroxylation is 2. The lowest BCUT2D eigenvalue weighted by atomic mass is 10.1. The summed E-state index contributed by atoms with van der Waals surface area (Å²) in [5.41, 5.74) is 9.62. The van der Waals surface area contributed by atoms with Gasteiger partial charge in [0.15, 0.2) is 0 Å². The van der Waals surface area contributed by atoms with Crippen LogP contribution in [0.25, 0.3) is 0 Å². The number of hydrogen-bond acceptors (Lipinski definition) is 3. The minimum absolute atomic E-state index is 0.0704. The molecule has 0 saturated carbocycles. The molecule has 1 amide bonds. The van der Waals surface area contributed by atoms with Crippen LogP contribution < -0.4 is 15.8 Å². The lowest BCUT2D eigenvalue weighted by Crippen LogP contribution is -2.15. The number of carbonyl (C=O) groups is 1. The Bertz CT molecular complexity index is 653. The fourth-order valence-corrected chi connectivity index (χ4v) is 2.21. The quantitative estimate of drug-likeness (QED) is 0.861. The summed E-state index contributed by atoms with van der Waals surface area (Å²) in [5, 5.41) is 2.85. The van der Waals surface area contributed by atoms with Gasteiger partial charge in [0.2, 0.25) is 5.91 Å². The number of nitrogens with two attached hydrogens (primary N) is 1. The van der Waals surface area contributed by atoms with Crippen LogP contribution in [0, 0.1) is 13.8 Å². The van der Waals surface area contributed by atoms with E-state index >= 15 is 0 Å². The summed E-state index contributed by atoms with van der Waals surface area (Å²) in [6.45, 7) is 4.85. The van der Waals surface area contributed by atoms with Crippen molar-refractivity contribution in [2.45, 2.75) is 26.8 Å². The molecular formula is C18H22N2O2. The highest BCUT2D eigenvalue weighted by molar-refractivity contribution is 5.90. The van der Waals surface area contributed by atoms with Gasteiger partial charge in [-0.1, -0.05) is 29.8 Å². The average Bonchev–Trinajstić information content (AvgIpc) is 2.49. The first-order valence-corrected chi connectivity index (χ1v) is 7.37. The SMILES string of the molecule is Cc1ccc(OCCC(=O)Nc2cccc(CN)c2)c(C)c1. The Balaban J connectivity index is 1.82. The molecular weight excluding hydrogens is 276 g/mol. The predicted molar refractivity (Wildman–Crippen MR) is 89.0 cm³/mol. The normalized spacial score (nSPS) is 10.3. The van der Waals surface area contributed by atoms with Crippen LogP contribution in [-0.4, -0.2) is 12.5 Å². The van der Waals surface area contributed by atoms with E-state index in [9.17, 15) is 4.79 Å². The second-order valence-corrected chi connectivity index (χ2v) is 5.32. The molecule has 0 heterocycles. The lowest BCUT2D eigenvalue weighted by Gasteiger charge is -2.10. The first-order chi connectivity index (χ1) is 10.6. The molecule has 0 fully saturated rings. The largest absolute Gasteiger partial charge is 0.493 e. The summed E-state index contributed by atoms with van der Waals surface area (Å²) >= 11 is 0. The van der Waals surface area contributed by atoms with Crippen LogP contribution in [0.2, 0.25) is 0 Å². The van der Waals surface area contributed by atoms with Gasteiger partial charge in [-0.15, -0.1) is 0 Å². The Morgan fingerprint density at radius 1 is 1.18 bits per heavy atom. The van der Waals surface area contributed by atoms with E-state index in [-0.39, 0.29) is 5.91 Å². The smallest absolute Gasteiger partial charge is 0.227 e. The molecule has 4 heteroatoms. The summed E-state index contributed by atoms with van der Waals surface area (Å²) in [4.78, 5) is 11.9. The number of nitrogens with one attached hydrogen (secondary N) is 1. The maximum atomic E-state index is 11.9. The molecule has 2 aromatic rings. The predicted octanol–water partition coefficient (Wildman–Crippen LogP) is 3.17. The highest BCUT2D eigenvalue weighted by atomic mass is 16.5. The van der Waals surface area contributed by atoms with E-state index < -0.39 is 0 Å². The zero-order valence-corrected chi connectivity index (χ0v) is 13.1. The van der Waals surface area contributed by atoms with Crippen LogP contribution in [0.4, 0.5) is 5.69 Å². The van der Waals surface area contributed by atoms with E-state index in [1.807, 2.05) is 50.2 Å². The van der Waals surface area contributed by atoms with Crippen molar-refractivity contribution in [1.29, 1.82) is 0 Å². The highest BCUT2D eigenvalue weighted by Gasteiger charge is 2.05. The zero-order valence-electron chi connectivity index (χ0n) is 13.1. The third kappa shape index (κ3) is 4.60. The van der Waals surface area contributed by atoms with E-state index in [2.05, 4.69) is 11.4 Å². The number of carbonyl (C=O) groups excluding carboxylic acids is 1. The van der Waals surface area contributed by atoms with E-state index in [1.165, 1.54) is 5.56 Å². The van der Waals surface area contributed by atoms with Gasteiger partial charge in [-0.2, -0.15) is 0 Å². The molecule has 0 bridgehead atoms. The monoisotopic (exact) mass is 298 g/mol. The zero-order chi connectivity index (χ0) is 15.9. The van der Waals surface area contributed by atoms with Crippen molar-refractivity contribution >= 4 is 11.6 Å². The van der Waals surface area contributed by atoms with Crippen molar-refractivity contribution < 1.29 is 9.53 Å². The fourth-order valence-electron chi connectivity index (χ4n) is 2.21. The van der Waals surface area contributed by atoms with Gasteiger partial charge < -0.3 is 15.8 Å². The standard InChI is InChI=1S/C18H22N2O2/c1-13-6-7-17(14(2)10-13)22-9-8-18(21)20-16-5-3-4-15(11-16)12-19/h3-7,10-11H,8-9,12,19H2,1-2H3,(H,20,21). The molecule has 2 rings (SSSR count). The Hall–Kier alpha value is -2.33. The molecule has 0 aliphatic carbocycles. The third-order valence-corrected chi connectivity index (χ3v) is 3.36. The molecule has 0 saturated heterocycles. The van der Waals surface area contributed by atoms with E-state index in [1.54, 1.807) is 0 Å². The van der Waals surface area contributed by atoms with Gasteiger partial charge in [-0.25, -0.2) is 0 Å². The van der Waals surface area contributed by atoms with Gasteiger partial charge in [0, 0.05) is 12.2 Å². The number of rotatable bonds is 6. The van der Waals surface area contributed by atoms with Gasteiger partial charge in [0.25, 0.3) is 0 Å². The van der Waals surface area contributed by atoms with Crippen LogP contribution in [0.3, 0.4) is 0 Å². The first kappa shape index (κ1) is 16.0. The molecule has 0 aliphatic rings. The van der Waals surface area contributed by atoms with Crippen LogP contribution in [0.1, 0.15) is 23.1 Å². The number of benzene rings is 2. The number of anilines is 1. The molecule has 0 atom stereocenters. The van der Waals surface area contributed by atoms with E-state index in [0.29, 0.717) is 19.6 Å². The molecule has 0 aliphatic heterocycles. The Morgan fingerprint density at radius 3 is 2.73 bits per heavy atom. The molecule has 116 valence electrons. The van der Waals surface area contributed by atoms with Crippen molar-refractivity contribution in [3.63, 3.8) is 0 Å². The van der Waals surface area contributed by atoms with E-state index in [4.69, 9.17) is 10.5 Å². The highest BCUT2D eigenvalue weighted by Crippen LogP contribution is 2.19. The molecule has 0 aromatic heterocycles. The third-order valence-electron chi connectivity index (χ3n) is 3.36. The Labute approximate surface area is 131 Å². The number of ether oxygens (including phenoxy) is 1. The average molecular weight is 298 g/mol. The Morgan fingerprint density at radius 2 is 2.00 bits per heavy atom. The maximum Gasteiger partial charge on any atom is 0.227 e. The lowest BCUT2D eigenvalue weighted by molar-refractivity contribution is -0.116. The second-order valence-electron chi connectivity index (χ2n) is 5.32.